The van der Waals surface area contributed by atoms with Crippen molar-refractivity contribution in [3.05, 3.63) is 0 Å². The Morgan fingerprint density at radius 2 is 1.74 bits per heavy atom. The minimum Gasteiger partial charge on any atom is -0.480 e. The zero-order chi connectivity index (χ0) is 17.4. The summed E-state index contributed by atoms with van der Waals surface area (Å²) >= 11 is 0. The van der Waals surface area contributed by atoms with Gasteiger partial charge in [0.05, 0.1) is 5.25 Å². The van der Waals surface area contributed by atoms with Crippen LogP contribution in [0.5, 0.6) is 0 Å². The summed E-state index contributed by atoms with van der Waals surface area (Å²) < 4.78 is 26.0. The largest absolute Gasteiger partial charge is 0.480 e. The van der Waals surface area contributed by atoms with Gasteiger partial charge in [-0.05, 0) is 45.4 Å². The molecule has 0 saturated carbocycles. The van der Waals surface area contributed by atoms with E-state index in [1.807, 2.05) is 0 Å². The Bertz CT molecular complexity index is 579. The molecular formula is C15H26N2O5S. The van der Waals surface area contributed by atoms with Gasteiger partial charge in [-0.3, -0.25) is 4.79 Å². The molecular weight excluding hydrogens is 320 g/mol. The lowest BCUT2D eigenvalue weighted by Gasteiger charge is -2.48. The number of carboxylic acid groups (broad SMARTS) is 1. The molecule has 2 fully saturated rings. The Labute approximate surface area is 137 Å². The number of nitrogens with zero attached hydrogens (tertiary/aromatic N) is 2. The topological polar surface area (TPSA) is 95.0 Å². The fraction of sp³-hybridized carbons (Fsp3) is 0.867. The van der Waals surface area contributed by atoms with Crippen LogP contribution in [0.4, 0.5) is 0 Å². The Morgan fingerprint density at radius 1 is 1.17 bits per heavy atom. The number of hydrogen-bond acceptors (Lipinski definition) is 4. The van der Waals surface area contributed by atoms with Gasteiger partial charge in [0.1, 0.15) is 6.04 Å². The first-order chi connectivity index (χ1) is 10.6. The predicted molar refractivity (Wildman–Crippen MR) is 85.3 cm³/mol. The third-order valence-corrected chi connectivity index (χ3v) is 7.54. The number of likely N-dealkylation sites (tertiary alicyclic amines) is 1. The maximum Gasteiger partial charge on any atom is 0.326 e. The molecule has 1 spiro atoms. The van der Waals surface area contributed by atoms with Crippen molar-refractivity contribution >= 4 is 21.9 Å². The third-order valence-electron chi connectivity index (χ3n) is 5.26. The van der Waals surface area contributed by atoms with Crippen LogP contribution in [-0.4, -0.2) is 65.5 Å². The molecule has 1 unspecified atom stereocenters. The Kier molecular flexibility index (Phi) is 5.06. The van der Waals surface area contributed by atoms with Crippen molar-refractivity contribution in [2.24, 2.45) is 5.41 Å². The molecule has 8 heteroatoms. The number of rotatable bonds is 4. The van der Waals surface area contributed by atoms with Crippen LogP contribution in [0.1, 0.15) is 46.5 Å². The van der Waals surface area contributed by atoms with Crippen LogP contribution in [0.3, 0.4) is 0 Å². The summed E-state index contributed by atoms with van der Waals surface area (Å²) in [6, 6.07) is -0.836. The van der Waals surface area contributed by atoms with Gasteiger partial charge < -0.3 is 10.0 Å². The molecule has 0 bridgehead atoms. The molecule has 2 saturated heterocycles. The number of hydrogen-bond donors (Lipinski definition) is 1. The molecule has 0 radical (unpaired) electrons. The molecule has 0 aliphatic carbocycles. The van der Waals surface area contributed by atoms with Gasteiger partial charge in [0.15, 0.2) is 0 Å². The minimum absolute atomic E-state index is 0.122. The van der Waals surface area contributed by atoms with E-state index in [9.17, 15) is 18.0 Å². The summed E-state index contributed by atoms with van der Waals surface area (Å²) in [5.74, 6) is -1.13. The Hall–Kier alpha value is -1.15. The molecule has 23 heavy (non-hydrogen) atoms. The fourth-order valence-electron chi connectivity index (χ4n) is 3.45. The minimum atomic E-state index is -3.25. The first-order valence-electron chi connectivity index (χ1n) is 8.10. The molecule has 1 atom stereocenters. The molecule has 2 aliphatic heterocycles. The fourth-order valence-corrected chi connectivity index (χ4v) is 4.74. The van der Waals surface area contributed by atoms with Crippen molar-refractivity contribution in [2.75, 3.05) is 19.6 Å². The van der Waals surface area contributed by atoms with Gasteiger partial charge in [-0.25, -0.2) is 17.5 Å². The monoisotopic (exact) mass is 346 g/mol. The van der Waals surface area contributed by atoms with Crippen LogP contribution >= 0.6 is 0 Å². The highest BCUT2D eigenvalue weighted by atomic mass is 32.2. The summed E-state index contributed by atoms with van der Waals surface area (Å²) in [5, 5.41) is 8.73. The van der Waals surface area contributed by atoms with E-state index in [2.05, 4.69) is 0 Å². The van der Waals surface area contributed by atoms with E-state index in [4.69, 9.17) is 5.11 Å². The second-order valence-electron chi connectivity index (χ2n) is 7.03. The predicted octanol–water partition coefficient (Wildman–Crippen LogP) is 0.902. The lowest BCUT2D eigenvalue weighted by Crippen LogP contribution is -2.56. The molecule has 0 aromatic rings. The van der Waals surface area contributed by atoms with E-state index >= 15 is 0 Å². The second-order valence-corrected chi connectivity index (χ2v) is 9.52. The lowest BCUT2D eigenvalue weighted by atomic mass is 9.72. The number of carboxylic acids is 1. The Morgan fingerprint density at radius 3 is 2.22 bits per heavy atom. The molecule has 1 amide bonds. The van der Waals surface area contributed by atoms with Crippen LogP contribution in [0.25, 0.3) is 0 Å². The van der Waals surface area contributed by atoms with E-state index in [1.165, 1.54) is 16.1 Å². The van der Waals surface area contributed by atoms with Gasteiger partial charge in [-0.2, -0.15) is 0 Å². The second kappa shape index (κ2) is 6.39. The van der Waals surface area contributed by atoms with Gasteiger partial charge in [-0.1, -0.05) is 0 Å². The average Bonchev–Trinajstić information content (AvgIpc) is 2.49. The normalized spacial score (nSPS) is 24.2. The van der Waals surface area contributed by atoms with E-state index in [0.29, 0.717) is 45.3 Å². The van der Waals surface area contributed by atoms with Crippen LogP contribution < -0.4 is 0 Å². The highest BCUT2D eigenvalue weighted by Crippen LogP contribution is 2.41. The van der Waals surface area contributed by atoms with Crippen LogP contribution in [0.15, 0.2) is 0 Å². The van der Waals surface area contributed by atoms with Crippen molar-refractivity contribution in [1.82, 2.24) is 9.21 Å². The molecule has 132 valence electrons. The van der Waals surface area contributed by atoms with Crippen LogP contribution in [-0.2, 0) is 19.6 Å². The van der Waals surface area contributed by atoms with Gasteiger partial charge in [0.25, 0.3) is 0 Å². The van der Waals surface area contributed by atoms with Gasteiger partial charge in [-0.15, -0.1) is 0 Å². The number of piperidine rings is 2. The Balaban J connectivity index is 2.08. The lowest BCUT2D eigenvalue weighted by molar-refractivity contribution is -0.154. The van der Waals surface area contributed by atoms with E-state index in [-0.39, 0.29) is 11.3 Å². The van der Waals surface area contributed by atoms with E-state index < -0.39 is 27.3 Å². The number of sulfonamides is 1. The van der Waals surface area contributed by atoms with E-state index in [0.717, 1.165) is 0 Å². The van der Waals surface area contributed by atoms with Crippen molar-refractivity contribution in [2.45, 2.75) is 57.7 Å². The zero-order valence-corrected chi connectivity index (χ0v) is 14.8. The molecule has 0 aromatic carbocycles. The van der Waals surface area contributed by atoms with Gasteiger partial charge >= 0.3 is 5.97 Å². The number of amides is 1. The molecule has 2 heterocycles. The smallest absolute Gasteiger partial charge is 0.326 e. The van der Waals surface area contributed by atoms with E-state index in [1.54, 1.807) is 13.8 Å². The number of carbonyl (C=O) groups is 2. The van der Waals surface area contributed by atoms with Crippen molar-refractivity contribution < 1.29 is 23.1 Å². The molecule has 0 aromatic heterocycles. The highest BCUT2D eigenvalue weighted by Gasteiger charge is 2.45. The quantitative estimate of drug-likeness (QED) is 0.816. The standard InChI is InChI=1S/C15H26N2O5S/c1-11(2)23(21,22)16-8-6-15(7-9-16)5-4-13(18)17(10-15)12(3)14(19)20/h11-12H,4-10H2,1-3H3,(H,19,20). The first kappa shape index (κ1) is 18.2. The van der Waals surface area contributed by atoms with Crippen molar-refractivity contribution in [3.8, 4) is 0 Å². The summed E-state index contributed by atoms with van der Waals surface area (Å²) in [5.41, 5.74) is -0.152. The molecule has 1 N–H and O–H groups in total. The first-order valence-corrected chi connectivity index (χ1v) is 9.61. The van der Waals surface area contributed by atoms with Crippen molar-refractivity contribution in [1.29, 1.82) is 0 Å². The zero-order valence-electron chi connectivity index (χ0n) is 14.0. The summed E-state index contributed by atoms with van der Waals surface area (Å²) in [7, 11) is -3.25. The molecule has 7 nitrogen and oxygen atoms in total. The number of aliphatic carboxylic acids is 1. The SMILES string of the molecule is CC(C(=O)O)N1CC2(CCC1=O)CCN(S(=O)(=O)C(C)C)CC2. The average molecular weight is 346 g/mol. The number of carbonyl (C=O) groups excluding carboxylic acids is 1. The van der Waals surface area contributed by atoms with Crippen molar-refractivity contribution in [3.63, 3.8) is 0 Å². The summed E-state index contributed by atoms with van der Waals surface area (Å²) in [6.07, 6.45) is 2.41. The van der Waals surface area contributed by atoms with Gasteiger partial charge in [0, 0.05) is 26.1 Å². The maximum atomic E-state index is 12.3. The third kappa shape index (κ3) is 3.52. The van der Waals surface area contributed by atoms with Gasteiger partial charge in [0.2, 0.25) is 15.9 Å². The summed E-state index contributed by atoms with van der Waals surface area (Å²) in [6.45, 7) is 6.19. The maximum absolute atomic E-state index is 12.3. The molecule has 2 aliphatic rings. The highest BCUT2D eigenvalue weighted by molar-refractivity contribution is 7.89. The van der Waals surface area contributed by atoms with Crippen LogP contribution in [0.2, 0.25) is 0 Å². The summed E-state index contributed by atoms with van der Waals surface area (Å²) in [4.78, 5) is 24.7. The molecule has 2 rings (SSSR count). The van der Waals surface area contributed by atoms with Crippen LogP contribution in [0, 0.1) is 5.41 Å².